The van der Waals surface area contributed by atoms with E-state index in [0.717, 1.165) is 34.7 Å². The lowest BCUT2D eigenvalue weighted by Crippen LogP contribution is -2.51. The van der Waals surface area contributed by atoms with Gasteiger partial charge in [0.05, 0.1) is 12.7 Å². The maximum absolute atomic E-state index is 13.0. The van der Waals surface area contributed by atoms with Crippen LogP contribution < -0.4 is 15.7 Å². The predicted octanol–water partition coefficient (Wildman–Crippen LogP) is 6.18. The van der Waals surface area contributed by atoms with E-state index in [0.29, 0.717) is 31.5 Å². The van der Waals surface area contributed by atoms with Crippen molar-refractivity contribution in [3.63, 3.8) is 0 Å². The number of hydroxylamine groups is 1. The van der Waals surface area contributed by atoms with Gasteiger partial charge in [-0.2, -0.15) is 13.2 Å². The summed E-state index contributed by atoms with van der Waals surface area (Å²) in [7, 11) is 1.36. The Morgan fingerprint density at radius 2 is 1.65 bits per heavy atom. The molecule has 1 heterocycles. The molecular weight excluding hydrogens is 539 g/mol. The molecule has 1 unspecified atom stereocenters. The Morgan fingerprint density at radius 3 is 2.25 bits per heavy atom. The highest BCUT2D eigenvalue weighted by molar-refractivity contribution is 7.99. The predicted molar refractivity (Wildman–Crippen MR) is 150 cm³/mol. The van der Waals surface area contributed by atoms with Gasteiger partial charge in [-0.15, -0.1) is 11.8 Å². The second-order valence-electron chi connectivity index (χ2n) is 9.54. The van der Waals surface area contributed by atoms with Gasteiger partial charge in [-0.25, -0.2) is 5.48 Å². The van der Waals surface area contributed by atoms with E-state index < -0.39 is 17.8 Å². The molecule has 1 aliphatic heterocycles. The number of anilines is 1. The van der Waals surface area contributed by atoms with Crippen molar-refractivity contribution in [2.24, 2.45) is 0 Å². The van der Waals surface area contributed by atoms with E-state index in [1.54, 1.807) is 36.0 Å². The Balaban J connectivity index is 1.46. The van der Waals surface area contributed by atoms with E-state index in [2.05, 4.69) is 17.7 Å². The smallest absolute Gasteiger partial charge is 0.359 e. The van der Waals surface area contributed by atoms with E-state index in [9.17, 15) is 22.8 Å². The Labute approximate surface area is 236 Å². The number of nitrogens with one attached hydrogen (secondary N) is 2. The zero-order valence-electron chi connectivity index (χ0n) is 22.3. The SMILES string of the molecule is CCSc1ccc(CNC(=O)c2ccc(N3CC(c4ccc(C(F)(F)F)cc4)CC[C@H]3C(=O)NOC)cc2)cc1. The first-order valence-corrected chi connectivity index (χ1v) is 14.0. The van der Waals surface area contributed by atoms with Gasteiger partial charge < -0.3 is 10.2 Å². The second kappa shape index (κ2) is 13.2. The molecule has 3 aromatic rings. The molecule has 6 nitrogen and oxygen atoms in total. The summed E-state index contributed by atoms with van der Waals surface area (Å²) >= 11 is 1.76. The molecule has 1 aliphatic rings. The van der Waals surface area contributed by atoms with Gasteiger partial charge in [-0.05, 0) is 78.3 Å². The van der Waals surface area contributed by atoms with Crippen LogP contribution in [0.1, 0.15) is 52.7 Å². The summed E-state index contributed by atoms with van der Waals surface area (Å²) in [6.07, 6.45) is -3.28. The van der Waals surface area contributed by atoms with E-state index in [4.69, 9.17) is 4.84 Å². The van der Waals surface area contributed by atoms with Gasteiger partial charge in [-0.1, -0.05) is 31.2 Å². The lowest BCUT2D eigenvalue weighted by Gasteiger charge is -2.40. The number of amides is 2. The monoisotopic (exact) mass is 571 g/mol. The number of rotatable bonds is 9. The van der Waals surface area contributed by atoms with Crippen LogP contribution in [0.25, 0.3) is 0 Å². The first-order chi connectivity index (χ1) is 19.2. The number of hydrogen-bond acceptors (Lipinski definition) is 5. The Morgan fingerprint density at radius 1 is 0.975 bits per heavy atom. The average molecular weight is 572 g/mol. The number of carbonyl (C=O) groups is 2. The third-order valence-electron chi connectivity index (χ3n) is 6.95. The van der Waals surface area contributed by atoms with Crippen LogP contribution in [0.5, 0.6) is 0 Å². The summed E-state index contributed by atoms with van der Waals surface area (Å²) in [6.45, 7) is 2.92. The number of carbonyl (C=O) groups excluding carboxylic acids is 2. The van der Waals surface area contributed by atoms with Gasteiger partial charge >= 0.3 is 6.18 Å². The maximum Gasteiger partial charge on any atom is 0.416 e. The van der Waals surface area contributed by atoms with Crippen LogP contribution >= 0.6 is 11.8 Å². The summed E-state index contributed by atoms with van der Waals surface area (Å²) in [5.41, 5.74) is 4.69. The molecule has 1 saturated heterocycles. The molecule has 2 N–H and O–H groups in total. The van der Waals surface area contributed by atoms with Gasteiger partial charge in [0, 0.05) is 35.2 Å². The van der Waals surface area contributed by atoms with Crippen LogP contribution in [-0.4, -0.2) is 37.3 Å². The third kappa shape index (κ3) is 7.37. The minimum Gasteiger partial charge on any atom is -0.359 e. The van der Waals surface area contributed by atoms with Gasteiger partial charge in [0.2, 0.25) is 0 Å². The Hall–Kier alpha value is -3.50. The molecule has 40 heavy (non-hydrogen) atoms. The molecule has 0 radical (unpaired) electrons. The van der Waals surface area contributed by atoms with Crippen molar-refractivity contribution in [1.82, 2.24) is 10.8 Å². The first kappa shape index (κ1) is 29.5. The van der Waals surface area contributed by atoms with Crippen LogP contribution in [0.3, 0.4) is 0 Å². The van der Waals surface area contributed by atoms with Crippen LogP contribution in [0.15, 0.2) is 77.7 Å². The standard InChI is InChI=1S/C30H32F3N3O3S/c1-3-40-26-15-4-20(5-16-26)18-34-28(37)22-8-13-25(14-9-22)36-19-23(10-17-27(36)29(38)35-39-2)21-6-11-24(12-7-21)30(31,32)33/h4-9,11-16,23,27H,3,10,17-19H2,1-2H3,(H,34,37)(H,35,38)/t23?,27-/m0/s1. The fourth-order valence-electron chi connectivity index (χ4n) is 4.87. The van der Waals surface area contributed by atoms with E-state index in [1.165, 1.54) is 24.1 Å². The molecule has 0 bridgehead atoms. The number of nitrogens with zero attached hydrogens (tertiary/aromatic N) is 1. The van der Waals surface area contributed by atoms with Crippen LogP contribution in [0.2, 0.25) is 0 Å². The topological polar surface area (TPSA) is 70.7 Å². The Kier molecular flexibility index (Phi) is 9.76. The molecule has 4 rings (SSSR count). The summed E-state index contributed by atoms with van der Waals surface area (Å²) in [6, 6.07) is 19.7. The number of halogens is 3. The molecular formula is C30H32F3N3O3S. The van der Waals surface area contributed by atoms with Crippen molar-refractivity contribution < 1.29 is 27.6 Å². The van der Waals surface area contributed by atoms with Crippen molar-refractivity contribution in [2.45, 2.75) is 49.3 Å². The summed E-state index contributed by atoms with van der Waals surface area (Å²) in [5, 5.41) is 2.93. The normalized spacial score (nSPS) is 17.4. The van der Waals surface area contributed by atoms with E-state index in [-0.39, 0.29) is 17.7 Å². The van der Waals surface area contributed by atoms with Crippen LogP contribution in [0, 0.1) is 0 Å². The van der Waals surface area contributed by atoms with Crippen molar-refractivity contribution in [2.75, 3.05) is 24.3 Å². The number of piperidine rings is 1. The van der Waals surface area contributed by atoms with Crippen molar-refractivity contribution in [3.05, 3.63) is 95.1 Å². The van der Waals surface area contributed by atoms with E-state index in [1.807, 2.05) is 29.2 Å². The van der Waals surface area contributed by atoms with Crippen molar-refractivity contribution >= 4 is 29.3 Å². The maximum atomic E-state index is 13.0. The minimum atomic E-state index is -4.40. The third-order valence-corrected chi connectivity index (χ3v) is 7.84. The highest BCUT2D eigenvalue weighted by atomic mass is 32.2. The summed E-state index contributed by atoms with van der Waals surface area (Å²) < 4.78 is 39.1. The lowest BCUT2D eigenvalue weighted by atomic mass is 9.86. The zero-order valence-corrected chi connectivity index (χ0v) is 23.1. The molecule has 10 heteroatoms. The first-order valence-electron chi connectivity index (χ1n) is 13.1. The average Bonchev–Trinajstić information content (AvgIpc) is 2.96. The molecule has 0 saturated carbocycles. The fraction of sp³-hybridized carbons (Fsp3) is 0.333. The molecule has 3 aromatic carbocycles. The second-order valence-corrected chi connectivity index (χ2v) is 10.9. The highest BCUT2D eigenvalue weighted by Gasteiger charge is 2.35. The number of thioether (sulfide) groups is 1. The number of alkyl halides is 3. The molecule has 212 valence electrons. The number of hydrogen-bond donors (Lipinski definition) is 2. The van der Waals surface area contributed by atoms with Crippen molar-refractivity contribution in [3.8, 4) is 0 Å². The summed E-state index contributed by atoms with van der Waals surface area (Å²) in [4.78, 5) is 33.5. The van der Waals surface area contributed by atoms with E-state index >= 15 is 0 Å². The molecule has 1 fully saturated rings. The molecule has 2 atom stereocenters. The quantitative estimate of drug-likeness (QED) is 0.237. The summed E-state index contributed by atoms with van der Waals surface area (Å²) in [5.74, 6) is 0.405. The molecule has 0 aromatic heterocycles. The van der Waals surface area contributed by atoms with Crippen molar-refractivity contribution in [1.29, 1.82) is 0 Å². The van der Waals surface area contributed by atoms with Gasteiger partial charge in [0.1, 0.15) is 6.04 Å². The van der Waals surface area contributed by atoms with Gasteiger partial charge in [-0.3, -0.25) is 14.4 Å². The fourth-order valence-corrected chi connectivity index (χ4v) is 5.53. The largest absolute Gasteiger partial charge is 0.416 e. The highest BCUT2D eigenvalue weighted by Crippen LogP contribution is 2.36. The van der Waals surface area contributed by atoms with Crippen LogP contribution in [-0.2, 0) is 22.4 Å². The number of benzene rings is 3. The zero-order chi connectivity index (χ0) is 28.7. The van der Waals surface area contributed by atoms with Gasteiger partial charge in [0.15, 0.2) is 0 Å². The molecule has 0 aliphatic carbocycles. The Bertz CT molecular complexity index is 1280. The van der Waals surface area contributed by atoms with Gasteiger partial charge in [0.25, 0.3) is 11.8 Å². The molecule has 2 amide bonds. The van der Waals surface area contributed by atoms with Crippen LogP contribution in [0.4, 0.5) is 18.9 Å². The minimum absolute atomic E-state index is 0.0704. The molecule has 0 spiro atoms. The lowest BCUT2D eigenvalue weighted by molar-refractivity contribution is -0.137.